The number of anilines is 2. The van der Waals surface area contributed by atoms with Gasteiger partial charge in [-0.05, 0) is 56.1 Å². The molecular formula is C23H22ClN5O2. The van der Waals surface area contributed by atoms with Gasteiger partial charge < -0.3 is 10.1 Å². The molecule has 0 bridgehead atoms. The number of nitrogens with one attached hydrogen (secondary N) is 1. The average Bonchev–Trinajstić information content (AvgIpc) is 3.10. The van der Waals surface area contributed by atoms with E-state index in [1.54, 1.807) is 6.20 Å². The highest BCUT2D eigenvalue weighted by molar-refractivity contribution is 6.28. The monoisotopic (exact) mass is 435 g/mol. The van der Waals surface area contributed by atoms with Gasteiger partial charge in [0.1, 0.15) is 11.4 Å². The Balaban J connectivity index is 1.56. The Morgan fingerprint density at radius 1 is 1.10 bits per heavy atom. The number of ether oxygens (including phenoxy) is 1. The highest BCUT2D eigenvalue weighted by Gasteiger charge is 2.20. The molecular weight excluding hydrogens is 414 g/mol. The van der Waals surface area contributed by atoms with Crippen molar-refractivity contribution in [3.8, 4) is 0 Å². The van der Waals surface area contributed by atoms with Crippen molar-refractivity contribution < 1.29 is 9.53 Å². The average molecular weight is 436 g/mol. The second-order valence-electron chi connectivity index (χ2n) is 8.11. The standard InChI is InChI=1S/C23H22ClN5O2/c1-23(2,3)31-22(30)29-19-10-9-17(12-16(19)14-25-29)26-20-13-18(27-21(24)28-20)11-15-7-5-4-6-8-15/h4-10,12-14H,11H2,1-3H3,(H,26,27,28). The summed E-state index contributed by atoms with van der Waals surface area (Å²) in [6.07, 6.45) is 1.76. The van der Waals surface area contributed by atoms with Crippen molar-refractivity contribution in [1.29, 1.82) is 0 Å². The number of rotatable bonds is 4. The smallest absolute Gasteiger partial charge is 0.435 e. The summed E-state index contributed by atoms with van der Waals surface area (Å²) < 4.78 is 6.66. The molecule has 0 aliphatic carbocycles. The first kappa shape index (κ1) is 20.8. The van der Waals surface area contributed by atoms with Gasteiger partial charge in [-0.25, -0.2) is 14.8 Å². The predicted molar refractivity (Wildman–Crippen MR) is 121 cm³/mol. The van der Waals surface area contributed by atoms with Gasteiger partial charge in [-0.15, -0.1) is 0 Å². The number of fused-ring (bicyclic) bond motifs is 1. The minimum atomic E-state index is -0.597. The number of carbonyl (C=O) groups excluding carboxylic acids is 1. The Morgan fingerprint density at radius 3 is 2.61 bits per heavy atom. The van der Waals surface area contributed by atoms with Crippen molar-refractivity contribution in [2.24, 2.45) is 0 Å². The van der Waals surface area contributed by atoms with Crippen LogP contribution in [0.15, 0.2) is 60.8 Å². The van der Waals surface area contributed by atoms with Crippen LogP contribution in [0.25, 0.3) is 10.9 Å². The van der Waals surface area contributed by atoms with Crippen molar-refractivity contribution in [2.75, 3.05) is 5.32 Å². The number of carbonyl (C=O) groups is 1. The molecule has 0 saturated carbocycles. The summed E-state index contributed by atoms with van der Waals surface area (Å²) in [7, 11) is 0. The fourth-order valence-electron chi connectivity index (χ4n) is 3.13. The van der Waals surface area contributed by atoms with Crippen molar-refractivity contribution >= 4 is 40.1 Å². The Kier molecular flexibility index (Phi) is 5.61. The molecule has 0 aliphatic rings. The van der Waals surface area contributed by atoms with Gasteiger partial charge in [0.05, 0.1) is 17.4 Å². The molecule has 31 heavy (non-hydrogen) atoms. The Morgan fingerprint density at radius 2 is 1.87 bits per heavy atom. The summed E-state index contributed by atoms with van der Waals surface area (Å²) in [5.74, 6) is 0.588. The molecule has 4 aromatic rings. The van der Waals surface area contributed by atoms with Gasteiger partial charge in [0.15, 0.2) is 0 Å². The number of benzene rings is 2. The molecule has 0 unspecified atom stereocenters. The maximum Gasteiger partial charge on any atom is 0.435 e. The molecule has 0 radical (unpaired) electrons. The molecule has 1 N–H and O–H groups in total. The first-order valence-electron chi connectivity index (χ1n) is 9.82. The molecule has 2 aromatic carbocycles. The van der Waals surface area contributed by atoms with E-state index in [0.29, 0.717) is 17.8 Å². The van der Waals surface area contributed by atoms with Crippen LogP contribution >= 0.6 is 11.6 Å². The van der Waals surface area contributed by atoms with Gasteiger partial charge in [0.2, 0.25) is 5.28 Å². The van der Waals surface area contributed by atoms with E-state index in [1.807, 2.05) is 75.4 Å². The molecule has 0 amide bonds. The summed E-state index contributed by atoms with van der Waals surface area (Å²) in [5.41, 5.74) is 2.80. The molecule has 2 aromatic heterocycles. The zero-order valence-electron chi connectivity index (χ0n) is 17.5. The number of aromatic nitrogens is 4. The van der Waals surface area contributed by atoms with Crippen molar-refractivity contribution in [1.82, 2.24) is 19.7 Å². The molecule has 0 fully saturated rings. The molecule has 0 atom stereocenters. The lowest BCUT2D eigenvalue weighted by atomic mass is 10.1. The van der Waals surface area contributed by atoms with Crippen LogP contribution in [0.2, 0.25) is 5.28 Å². The minimum absolute atomic E-state index is 0.176. The van der Waals surface area contributed by atoms with Crippen LogP contribution in [0.5, 0.6) is 0 Å². The summed E-state index contributed by atoms with van der Waals surface area (Å²) >= 11 is 6.14. The molecule has 158 valence electrons. The van der Waals surface area contributed by atoms with Crippen LogP contribution < -0.4 is 5.32 Å². The largest absolute Gasteiger partial charge is 0.442 e. The van der Waals surface area contributed by atoms with Crippen LogP contribution in [0.1, 0.15) is 32.0 Å². The molecule has 4 rings (SSSR count). The molecule has 7 nitrogen and oxygen atoms in total. The van der Waals surface area contributed by atoms with E-state index >= 15 is 0 Å². The predicted octanol–water partition coefficient (Wildman–Crippen LogP) is 5.60. The Bertz CT molecular complexity index is 1230. The van der Waals surface area contributed by atoms with E-state index in [-0.39, 0.29) is 5.28 Å². The van der Waals surface area contributed by atoms with Crippen LogP contribution in [0.3, 0.4) is 0 Å². The fraction of sp³-hybridized carbons (Fsp3) is 0.217. The second kappa shape index (κ2) is 8.35. The van der Waals surface area contributed by atoms with Crippen LogP contribution in [-0.2, 0) is 11.2 Å². The maximum atomic E-state index is 12.4. The minimum Gasteiger partial charge on any atom is -0.442 e. The molecule has 0 spiro atoms. The van der Waals surface area contributed by atoms with E-state index in [2.05, 4.69) is 20.4 Å². The maximum absolute atomic E-state index is 12.4. The van der Waals surface area contributed by atoms with Gasteiger partial charge in [-0.2, -0.15) is 9.78 Å². The van der Waals surface area contributed by atoms with E-state index < -0.39 is 11.7 Å². The third-order valence-corrected chi connectivity index (χ3v) is 4.56. The lowest BCUT2D eigenvalue weighted by Gasteiger charge is -2.19. The molecule has 0 saturated heterocycles. The van der Waals surface area contributed by atoms with Crippen molar-refractivity contribution in [2.45, 2.75) is 32.8 Å². The first-order valence-corrected chi connectivity index (χ1v) is 10.2. The molecule has 8 heteroatoms. The SMILES string of the molecule is CC(C)(C)OC(=O)n1ncc2cc(Nc3cc(Cc4ccccc4)nc(Cl)n3)ccc21. The summed E-state index contributed by atoms with van der Waals surface area (Å²) in [4.78, 5) is 21.0. The topological polar surface area (TPSA) is 81.9 Å². The lowest BCUT2D eigenvalue weighted by molar-refractivity contribution is 0.0522. The number of nitrogens with zero attached hydrogens (tertiary/aromatic N) is 4. The number of hydrogen-bond acceptors (Lipinski definition) is 6. The summed E-state index contributed by atoms with van der Waals surface area (Å²) in [6, 6.07) is 17.4. The summed E-state index contributed by atoms with van der Waals surface area (Å²) in [6.45, 7) is 5.45. The zero-order valence-corrected chi connectivity index (χ0v) is 18.2. The highest BCUT2D eigenvalue weighted by atomic mass is 35.5. The lowest BCUT2D eigenvalue weighted by Crippen LogP contribution is -2.27. The van der Waals surface area contributed by atoms with E-state index in [1.165, 1.54) is 4.68 Å². The van der Waals surface area contributed by atoms with Crippen LogP contribution in [0, 0.1) is 0 Å². The van der Waals surface area contributed by atoms with E-state index in [4.69, 9.17) is 16.3 Å². The van der Waals surface area contributed by atoms with Gasteiger partial charge in [-0.1, -0.05) is 30.3 Å². The highest BCUT2D eigenvalue weighted by Crippen LogP contribution is 2.24. The third-order valence-electron chi connectivity index (χ3n) is 4.39. The van der Waals surface area contributed by atoms with Gasteiger partial charge in [0, 0.05) is 23.6 Å². The Labute approximate surface area is 185 Å². The van der Waals surface area contributed by atoms with E-state index in [0.717, 1.165) is 22.3 Å². The van der Waals surface area contributed by atoms with Crippen LogP contribution in [0.4, 0.5) is 16.3 Å². The Hall–Kier alpha value is -3.45. The van der Waals surface area contributed by atoms with Gasteiger partial charge in [-0.3, -0.25) is 0 Å². The van der Waals surface area contributed by atoms with Gasteiger partial charge in [0.25, 0.3) is 0 Å². The summed E-state index contributed by atoms with van der Waals surface area (Å²) in [5, 5.41) is 8.39. The van der Waals surface area contributed by atoms with Gasteiger partial charge >= 0.3 is 6.09 Å². The fourth-order valence-corrected chi connectivity index (χ4v) is 3.33. The van der Waals surface area contributed by atoms with Crippen molar-refractivity contribution in [3.63, 3.8) is 0 Å². The molecule has 0 aliphatic heterocycles. The number of halogens is 1. The quantitative estimate of drug-likeness (QED) is 0.420. The number of hydrogen-bond donors (Lipinski definition) is 1. The second-order valence-corrected chi connectivity index (χ2v) is 8.45. The first-order chi connectivity index (χ1) is 14.8. The molecule has 2 heterocycles. The normalized spacial score (nSPS) is 11.5. The van der Waals surface area contributed by atoms with Crippen LogP contribution in [-0.4, -0.2) is 31.4 Å². The zero-order chi connectivity index (χ0) is 22.0. The van der Waals surface area contributed by atoms with Crippen molar-refractivity contribution in [3.05, 3.63) is 77.3 Å². The third kappa shape index (κ3) is 5.19. The van der Waals surface area contributed by atoms with E-state index in [9.17, 15) is 4.79 Å².